The summed E-state index contributed by atoms with van der Waals surface area (Å²) in [5.74, 6) is 0. The van der Waals surface area contributed by atoms with Crippen molar-refractivity contribution in [3.05, 3.63) is 163 Å². The Bertz CT molecular complexity index is 2730. The maximum atomic E-state index is 5.12. The number of para-hydroxylation sites is 2. The quantitative estimate of drug-likeness (QED) is 0.186. The van der Waals surface area contributed by atoms with E-state index in [9.17, 15) is 0 Å². The molecule has 0 amide bonds. The van der Waals surface area contributed by atoms with Crippen molar-refractivity contribution in [2.45, 2.75) is 19.3 Å². The second-order valence-corrected chi connectivity index (χ2v) is 13.4. The van der Waals surface area contributed by atoms with Gasteiger partial charge in [-0.3, -0.25) is 4.98 Å². The molecule has 0 spiro atoms. The molecule has 6 aromatic carbocycles. The maximum absolute atomic E-state index is 5.12. The third-order valence-electron chi connectivity index (χ3n) is 10.4. The summed E-state index contributed by atoms with van der Waals surface area (Å²) in [6.07, 6.45) is 1.84. The van der Waals surface area contributed by atoms with E-state index in [1.54, 1.807) is 0 Å². The van der Waals surface area contributed by atoms with Gasteiger partial charge in [0.1, 0.15) is 0 Å². The predicted molar refractivity (Wildman–Crippen MR) is 200 cm³/mol. The van der Waals surface area contributed by atoms with Gasteiger partial charge in [0.15, 0.2) is 0 Å². The van der Waals surface area contributed by atoms with Crippen LogP contribution in [0.1, 0.15) is 25.0 Å². The van der Waals surface area contributed by atoms with Gasteiger partial charge in [-0.2, -0.15) is 0 Å². The molecule has 0 fully saturated rings. The molecule has 1 aliphatic rings. The molecular formula is C45H31N3. The molecule has 48 heavy (non-hydrogen) atoms. The van der Waals surface area contributed by atoms with Crippen molar-refractivity contribution < 1.29 is 0 Å². The van der Waals surface area contributed by atoms with Crippen LogP contribution in [0.15, 0.2) is 152 Å². The second kappa shape index (κ2) is 9.97. The van der Waals surface area contributed by atoms with Crippen molar-refractivity contribution in [3.8, 4) is 39.2 Å². The molecule has 3 aromatic heterocycles. The van der Waals surface area contributed by atoms with Gasteiger partial charge in [-0.15, -0.1) is 0 Å². The van der Waals surface area contributed by atoms with Gasteiger partial charge in [0.2, 0.25) is 0 Å². The van der Waals surface area contributed by atoms with Crippen molar-refractivity contribution in [2.75, 3.05) is 0 Å². The SMILES string of the molecule is CC1(C)c2ccccc2-c2c(-c3ccc(-c4ccc5ccc6cccnc6c5n4)cc3)cc3c4ccccc4n(-c4ccccc4)c3c21. The smallest absolute Gasteiger partial charge is 0.0972 e. The summed E-state index contributed by atoms with van der Waals surface area (Å²) in [4.78, 5) is 9.79. The van der Waals surface area contributed by atoms with Gasteiger partial charge in [0.05, 0.1) is 27.8 Å². The molecule has 10 rings (SSSR count). The van der Waals surface area contributed by atoms with E-state index in [4.69, 9.17) is 4.98 Å². The Morgan fingerprint density at radius 1 is 0.562 bits per heavy atom. The molecule has 0 atom stereocenters. The molecule has 3 nitrogen and oxygen atoms in total. The highest BCUT2D eigenvalue weighted by molar-refractivity contribution is 6.16. The number of fused-ring (bicyclic) bond motifs is 10. The molecule has 0 aliphatic heterocycles. The Morgan fingerprint density at radius 3 is 2.12 bits per heavy atom. The summed E-state index contributed by atoms with van der Waals surface area (Å²) >= 11 is 0. The van der Waals surface area contributed by atoms with Crippen LogP contribution in [0, 0.1) is 0 Å². The van der Waals surface area contributed by atoms with Gasteiger partial charge in [-0.05, 0) is 69.8 Å². The molecule has 0 saturated heterocycles. The zero-order valence-corrected chi connectivity index (χ0v) is 26.8. The lowest BCUT2D eigenvalue weighted by Crippen LogP contribution is -2.16. The highest BCUT2D eigenvalue weighted by Crippen LogP contribution is 2.56. The second-order valence-electron chi connectivity index (χ2n) is 13.4. The summed E-state index contributed by atoms with van der Waals surface area (Å²) in [6.45, 7) is 4.78. The van der Waals surface area contributed by atoms with E-state index in [0.29, 0.717) is 0 Å². The highest BCUT2D eigenvalue weighted by atomic mass is 15.0. The summed E-state index contributed by atoms with van der Waals surface area (Å²) in [5.41, 5.74) is 15.3. The third-order valence-corrected chi connectivity index (χ3v) is 10.4. The van der Waals surface area contributed by atoms with Gasteiger partial charge < -0.3 is 4.57 Å². The number of pyridine rings is 2. The average Bonchev–Trinajstić information content (AvgIpc) is 3.60. The Balaban J connectivity index is 1.22. The molecule has 3 heteroatoms. The fraction of sp³-hybridized carbons (Fsp3) is 0.0667. The minimum absolute atomic E-state index is 0.188. The topological polar surface area (TPSA) is 30.7 Å². The summed E-state index contributed by atoms with van der Waals surface area (Å²) in [6, 6.07) is 52.6. The van der Waals surface area contributed by atoms with Crippen molar-refractivity contribution >= 4 is 43.6 Å². The molecule has 0 saturated carbocycles. The normalized spacial score (nSPS) is 13.4. The third kappa shape index (κ3) is 3.76. The fourth-order valence-corrected chi connectivity index (χ4v) is 8.17. The standard InChI is InChI=1S/C45H31N3/c1-45(2)37-16-8-6-15-34(37)40-35(27-36-33-14-7-9-17-39(33)48(44(36)41(40)45)32-12-4-3-5-13-32)28-18-20-29(21-19-28)38-25-24-31-23-22-30-11-10-26-46-42(30)43(31)47-38/h3-27H,1-2H3. The van der Waals surface area contributed by atoms with Crippen LogP contribution < -0.4 is 0 Å². The Morgan fingerprint density at radius 2 is 1.27 bits per heavy atom. The number of hydrogen-bond donors (Lipinski definition) is 0. The lowest BCUT2D eigenvalue weighted by molar-refractivity contribution is 0.664. The first-order valence-corrected chi connectivity index (χ1v) is 16.6. The van der Waals surface area contributed by atoms with E-state index in [0.717, 1.165) is 33.1 Å². The number of nitrogens with zero attached hydrogens (tertiary/aromatic N) is 3. The van der Waals surface area contributed by atoms with Crippen LogP contribution in [0.5, 0.6) is 0 Å². The first-order valence-electron chi connectivity index (χ1n) is 16.6. The van der Waals surface area contributed by atoms with Crippen molar-refractivity contribution in [3.63, 3.8) is 0 Å². The minimum Gasteiger partial charge on any atom is -0.309 e. The van der Waals surface area contributed by atoms with Gasteiger partial charge in [-0.25, -0.2) is 4.98 Å². The molecule has 9 aromatic rings. The first kappa shape index (κ1) is 27.1. The molecule has 0 N–H and O–H groups in total. The van der Waals surface area contributed by atoms with Crippen LogP contribution in [0.2, 0.25) is 0 Å². The average molecular weight is 614 g/mol. The van der Waals surface area contributed by atoms with E-state index in [1.807, 2.05) is 12.3 Å². The zero-order valence-electron chi connectivity index (χ0n) is 26.8. The van der Waals surface area contributed by atoms with E-state index in [1.165, 1.54) is 60.9 Å². The fourth-order valence-electron chi connectivity index (χ4n) is 8.17. The van der Waals surface area contributed by atoms with Crippen LogP contribution in [-0.2, 0) is 5.41 Å². The van der Waals surface area contributed by atoms with E-state index < -0.39 is 0 Å². The molecule has 1 aliphatic carbocycles. The van der Waals surface area contributed by atoms with Crippen molar-refractivity contribution in [2.24, 2.45) is 0 Å². The molecule has 0 bridgehead atoms. The summed E-state index contributed by atoms with van der Waals surface area (Å²) in [7, 11) is 0. The van der Waals surface area contributed by atoms with Gasteiger partial charge >= 0.3 is 0 Å². The Kier molecular flexibility index (Phi) is 5.63. The monoisotopic (exact) mass is 613 g/mol. The first-order chi connectivity index (χ1) is 23.6. The van der Waals surface area contributed by atoms with Crippen molar-refractivity contribution in [1.29, 1.82) is 0 Å². The predicted octanol–water partition coefficient (Wildman–Crippen LogP) is 11.5. The Hall–Kier alpha value is -6.06. The molecule has 3 heterocycles. The van der Waals surface area contributed by atoms with E-state index in [-0.39, 0.29) is 5.41 Å². The lowest BCUT2D eigenvalue weighted by Gasteiger charge is -2.24. The molecule has 0 radical (unpaired) electrons. The number of aromatic nitrogens is 3. The molecular weight excluding hydrogens is 583 g/mol. The highest BCUT2D eigenvalue weighted by Gasteiger charge is 2.40. The summed E-state index contributed by atoms with van der Waals surface area (Å²) in [5, 5.41) is 4.75. The van der Waals surface area contributed by atoms with Gasteiger partial charge in [0, 0.05) is 44.4 Å². The number of hydrogen-bond acceptors (Lipinski definition) is 2. The van der Waals surface area contributed by atoms with E-state index in [2.05, 4.69) is 163 Å². The van der Waals surface area contributed by atoms with Crippen LogP contribution in [0.3, 0.4) is 0 Å². The van der Waals surface area contributed by atoms with Crippen LogP contribution in [-0.4, -0.2) is 14.5 Å². The largest absolute Gasteiger partial charge is 0.309 e. The van der Waals surface area contributed by atoms with Crippen LogP contribution >= 0.6 is 0 Å². The number of rotatable bonds is 3. The van der Waals surface area contributed by atoms with Crippen LogP contribution in [0.25, 0.3) is 82.8 Å². The minimum atomic E-state index is -0.188. The summed E-state index contributed by atoms with van der Waals surface area (Å²) < 4.78 is 2.48. The van der Waals surface area contributed by atoms with Gasteiger partial charge in [0.25, 0.3) is 0 Å². The Labute approximate surface area is 278 Å². The number of benzene rings is 6. The molecule has 226 valence electrons. The van der Waals surface area contributed by atoms with Gasteiger partial charge in [-0.1, -0.05) is 123 Å². The van der Waals surface area contributed by atoms with E-state index >= 15 is 0 Å². The van der Waals surface area contributed by atoms with Crippen molar-refractivity contribution in [1.82, 2.24) is 14.5 Å². The van der Waals surface area contributed by atoms with Crippen LogP contribution in [0.4, 0.5) is 0 Å². The molecule has 0 unspecified atom stereocenters. The maximum Gasteiger partial charge on any atom is 0.0972 e. The lowest BCUT2D eigenvalue weighted by atomic mass is 9.80. The zero-order chi connectivity index (χ0) is 32.0.